The van der Waals surface area contributed by atoms with Crippen LogP contribution in [-0.4, -0.2) is 72.8 Å². The lowest BCUT2D eigenvalue weighted by molar-refractivity contribution is -0.606. The zero-order valence-corrected chi connectivity index (χ0v) is 40.3. The van der Waals surface area contributed by atoms with Crippen LogP contribution < -0.4 is 40.8 Å². The quantitative estimate of drug-likeness (QED) is 0.0583. The summed E-state index contributed by atoms with van der Waals surface area (Å²) in [4.78, 5) is 7.27. The lowest BCUT2D eigenvalue weighted by Crippen LogP contribution is -2.40. The predicted octanol–water partition coefficient (Wildman–Crippen LogP) is 5.52. The molecule has 0 bridgehead atoms. The van der Waals surface area contributed by atoms with Crippen molar-refractivity contribution in [3.05, 3.63) is 153 Å². The van der Waals surface area contributed by atoms with E-state index < -0.39 is 0 Å². The molecule has 0 aromatic carbocycles. The van der Waals surface area contributed by atoms with Crippen LogP contribution in [0.2, 0.25) is 5.02 Å². The number of pyridine rings is 4. The molecule has 7 aromatic heterocycles. The highest BCUT2D eigenvalue weighted by atomic mass is 35.5. The Morgan fingerprint density at radius 2 is 1.33 bits per heavy atom. The number of aryl methyl sites for hydroxylation is 2. The summed E-state index contributed by atoms with van der Waals surface area (Å²) in [6.07, 6.45) is 23.4. The van der Waals surface area contributed by atoms with Gasteiger partial charge in [-0.2, -0.15) is 28.9 Å². The molecule has 2 aliphatic heterocycles. The molecule has 2 aliphatic rings. The normalized spacial score (nSPS) is 15.4. The highest BCUT2D eigenvalue weighted by Crippen LogP contribution is 2.29. The highest BCUT2D eigenvalue weighted by molar-refractivity contribution is 6.31. The molecule has 20 heteroatoms. The third-order valence-electron chi connectivity index (χ3n) is 11.9. The number of aromatic nitrogens is 8. The van der Waals surface area contributed by atoms with Gasteiger partial charge in [-0.25, -0.2) is 9.50 Å². The van der Waals surface area contributed by atoms with Gasteiger partial charge < -0.3 is 52.4 Å². The van der Waals surface area contributed by atoms with Crippen LogP contribution in [0.3, 0.4) is 0 Å². The maximum atomic E-state index is 11.5. The summed E-state index contributed by atoms with van der Waals surface area (Å²) in [6, 6.07) is 17.4. The second-order valence-corrected chi connectivity index (χ2v) is 17.2. The Labute approximate surface area is 407 Å². The molecule has 69 heavy (non-hydrogen) atoms. The van der Waals surface area contributed by atoms with Crippen molar-refractivity contribution in [1.29, 1.82) is 0 Å². The Bertz CT molecular complexity index is 2630. The molecule has 0 radical (unpaired) electrons. The van der Waals surface area contributed by atoms with Crippen molar-refractivity contribution < 1.29 is 29.1 Å². The number of piperidine rings is 2. The molecule has 2 atom stereocenters. The van der Waals surface area contributed by atoms with Gasteiger partial charge in [0, 0.05) is 103 Å². The van der Waals surface area contributed by atoms with E-state index in [-0.39, 0.29) is 11.3 Å². The van der Waals surface area contributed by atoms with Crippen molar-refractivity contribution in [3.63, 3.8) is 0 Å². The monoisotopic (exact) mass is 972 g/mol. The molecule has 9 heterocycles. The van der Waals surface area contributed by atoms with Crippen LogP contribution in [0.4, 0.5) is 22.2 Å². The van der Waals surface area contributed by atoms with Crippen LogP contribution in [0.5, 0.6) is 0 Å². The first-order valence-electron chi connectivity index (χ1n) is 23.6. The van der Waals surface area contributed by atoms with E-state index in [2.05, 4.69) is 44.9 Å². The number of halogens is 2. The summed E-state index contributed by atoms with van der Waals surface area (Å²) in [5.41, 5.74) is 12.0. The van der Waals surface area contributed by atoms with Gasteiger partial charge in [-0.05, 0) is 100 Å². The molecule has 372 valence electrons. The average Bonchev–Trinajstić information content (AvgIpc) is 3.98. The fourth-order valence-electron chi connectivity index (χ4n) is 8.31. The van der Waals surface area contributed by atoms with Crippen LogP contribution in [0.1, 0.15) is 93.0 Å². The van der Waals surface area contributed by atoms with Crippen molar-refractivity contribution in [2.45, 2.75) is 110 Å². The van der Waals surface area contributed by atoms with Gasteiger partial charge in [0.05, 0.1) is 17.9 Å². The summed E-state index contributed by atoms with van der Waals surface area (Å²) in [5.74, 6) is 2.57. The van der Waals surface area contributed by atoms with Crippen LogP contribution >= 0.6 is 11.6 Å². The first-order chi connectivity index (χ1) is 33.1. The minimum atomic E-state index is 0. The van der Waals surface area contributed by atoms with Crippen molar-refractivity contribution >= 4 is 40.2 Å². The zero-order chi connectivity index (χ0) is 48.3. The van der Waals surface area contributed by atoms with Gasteiger partial charge in [-0.15, -0.1) is 0 Å². The predicted molar refractivity (Wildman–Crippen MR) is 267 cm³/mol. The van der Waals surface area contributed by atoms with Gasteiger partial charge in [-0.3, -0.25) is 4.70 Å². The van der Waals surface area contributed by atoms with Crippen LogP contribution in [0.25, 0.3) is 11.2 Å². The maximum Gasteiger partial charge on any atom is 0.185 e. The fraction of sp³-hybridized carbons (Fsp3) is 0.429. The van der Waals surface area contributed by atoms with E-state index in [0.29, 0.717) is 43.3 Å². The van der Waals surface area contributed by atoms with Gasteiger partial charge in [0.1, 0.15) is 17.5 Å². The summed E-state index contributed by atoms with van der Waals surface area (Å²) < 4.78 is 6.00. The summed E-state index contributed by atoms with van der Waals surface area (Å²) >= 11 is 6.18. The molecule has 7 N–H and O–H groups in total. The van der Waals surface area contributed by atoms with Gasteiger partial charge in [0.15, 0.2) is 42.8 Å². The summed E-state index contributed by atoms with van der Waals surface area (Å²) in [7, 11) is 0. The summed E-state index contributed by atoms with van der Waals surface area (Å²) in [6.45, 7) is 8.25. The maximum absolute atomic E-state index is 11.5. The van der Waals surface area contributed by atoms with Crippen LogP contribution in [-0.2, 0) is 32.5 Å². The Balaban J connectivity index is 0.000000192. The van der Waals surface area contributed by atoms with Crippen molar-refractivity contribution in [2.24, 2.45) is 5.73 Å². The molecule has 0 saturated carbocycles. The Kier molecular flexibility index (Phi) is 21.4. The Hall–Kier alpha value is -6.38. The molecule has 7 aromatic rings. The van der Waals surface area contributed by atoms with E-state index in [1.807, 2.05) is 57.8 Å². The molecule has 0 unspecified atom stereocenters. The molecule has 0 spiro atoms. The minimum absolute atomic E-state index is 0. The summed E-state index contributed by atoms with van der Waals surface area (Å²) in [5, 5.41) is 71.0. The largest absolute Gasteiger partial charge is 0.619 e. The van der Waals surface area contributed by atoms with Gasteiger partial charge >= 0.3 is 0 Å². The molecule has 9 rings (SSSR count). The number of aliphatic hydroxyl groups excluding tert-OH is 2. The smallest absolute Gasteiger partial charge is 0.185 e. The standard InChI is InChI=1S/C21H28N6O2.C15H15ClN4O.C7H15NO.C6H8N2O.FH/c1-2-17-14-23-27-19(22-13-16-6-5-9-25(29)15-16)12-20(24-21(17)27)26-10-4-3-7-18(26)8-11-28;1-2-12-9-18-20-14(12)6-13(16)7-15(20)17-8-11-4-3-5-19(21)10-11;9-6-4-7-3-1-2-5-8-7;7-4-6-2-1-3-8(9)5-6;/h5-6,9,12,14-15,18,22,28H,2-4,7-8,10-11,13H2,1H3;3-7,9-10,17H,2,8H2,1H3;7-9H,1-6H2;1-3,5H,4,7H2;1H/t18-;;7-;;/m0.0../s1. The fourth-order valence-corrected chi connectivity index (χ4v) is 8.52. The number of fused-ring (bicyclic) bond motifs is 2. The van der Waals surface area contributed by atoms with E-state index >= 15 is 0 Å². The van der Waals surface area contributed by atoms with E-state index in [1.54, 1.807) is 24.4 Å². The van der Waals surface area contributed by atoms with Crippen molar-refractivity contribution in [1.82, 2.24) is 29.5 Å². The van der Waals surface area contributed by atoms with Gasteiger partial charge in [0.2, 0.25) is 0 Å². The molecule has 0 aliphatic carbocycles. The number of hydrogen-bond acceptors (Lipinski definition) is 13. The van der Waals surface area contributed by atoms with Crippen LogP contribution in [0, 0.1) is 15.6 Å². The molecule has 18 nitrogen and oxygen atoms in total. The first-order valence-corrected chi connectivity index (χ1v) is 24.0. The number of nitrogens with one attached hydrogen (secondary N) is 3. The topological polar surface area (TPSA) is 234 Å². The number of hydrogen-bond donors (Lipinski definition) is 6. The van der Waals surface area contributed by atoms with Crippen molar-refractivity contribution in [3.8, 4) is 0 Å². The van der Waals surface area contributed by atoms with Crippen molar-refractivity contribution in [2.75, 3.05) is 41.8 Å². The van der Waals surface area contributed by atoms with Gasteiger partial charge in [-0.1, -0.05) is 31.9 Å². The van der Waals surface area contributed by atoms with E-state index in [4.69, 9.17) is 27.4 Å². The number of aliphatic hydroxyl groups is 2. The SMILES string of the molecule is CCc1cnn2c(NCc3ccc[n+]([O-])c3)cc(Cl)cc12.CCc1cnn2c(NCc3ccc[n+]([O-])c3)cc(N3CCCC[C@H]3CCO)nc12.F.NCc1ccc[n+]([O-])c1.OCC[C@@H]1CCCCN1. The number of anilines is 3. The van der Waals surface area contributed by atoms with E-state index in [0.717, 1.165) is 122 Å². The molecule has 2 saturated heterocycles. The molecular formula is C49H67ClFN13O5. The van der Waals surface area contributed by atoms with E-state index in [1.165, 1.54) is 56.7 Å². The Morgan fingerprint density at radius 1 is 0.754 bits per heavy atom. The second kappa shape index (κ2) is 27.6. The second-order valence-electron chi connectivity index (χ2n) is 16.8. The van der Waals surface area contributed by atoms with Crippen LogP contribution in [0.15, 0.2) is 104 Å². The number of nitrogens with zero attached hydrogens (tertiary/aromatic N) is 9. The van der Waals surface area contributed by atoms with E-state index in [9.17, 15) is 20.7 Å². The number of rotatable bonds is 14. The average molecular weight is 973 g/mol. The third kappa shape index (κ3) is 15.6. The molecule has 2 fully saturated rings. The minimum Gasteiger partial charge on any atom is -0.619 e. The Morgan fingerprint density at radius 3 is 1.90 bits per heavy atom. The lowest BCUT2D eigenvalue weighted by Gasteiger charge is -2.36. The van der Waals surface area contributed by atoms with Gasteiger partial charge in [0.25, 0.3) is 0 Å². The molecular weight excluding hydrogens is 905 g/mol. The first kappa shape index (κ1) is 53.6. The number of nitrogens with two attached hydrogens (primary N) is 1. The highest BCUT2D eigenvalue weighted by Gasteiger charge is 2.25. The third-order valence-corrected chi connectivity index (χ3v) is 12.1. The lowest BCUT2D eigenvalue weighted by atomic mass is 9.99. The zero-order valence-electron chi connectivity index (χ0n) is 39.5. The molecule has 0 amide bonds.